The first-order chi connectivity index (χ1) is 10.1. The molecule has 0 spiro atoms. The minimum absolute atomic E-state index is 0.0562. The van der Waals surface area contributed by atoms with Crippen LogP contribution in [0.2, 0.25) is 0 Å². The van der Waals surface area contributed by atoms with Gasteiger partial charge in [0.25, 0.3) is 0 Å². The Balaban J connectivity index is 1.83. The Hall–Kier alpha value is -2.33. The van der Waals surface area contributed by atoms with E-state index in [4.69, 9.17) is 5.73 Å². The van der Waals surface area contributed by atoms with Crippen molar-refractivity contribution in [3.8, 4) is 5.75 Å². The van der Waals surface area contributed by atoms with Gasteiger partial charge in [-0.15, -0.1) is 0 Å². The highest BCUT2D eigenvalue weighted by Crippen LogP contribution is 2.10. The number of rotatable bonds is 6. The normalized spacial score (nSPS) is 12.0. The Kier molecular flexibility index (Phi) is 4.95. The highest BCUT2D eigenvalue weighted by Gasteiger charge is 2.13. The predicted octanol–water partition coefficient (Wildman–Crippen LogP) is 2.38. The van der Waals surface area contributed by atoms with E-state index in [-0.39, 0.29) is 17.6 Å². The number of phenolic OH excluding ortho intramolecular Hbond substituents is 1. The van der Waals surface area contributed by atoms with Gasteiger partial charge in [0.2, 0.25) is 0 Å². The lowest BCUT2D eigenvalue weighted by Crippen LogP contribution is -2.35. The van der Waals surface area contributed by atoms with Gasteiger partial charge in [-0.05, 0) is 61.9 Å². The molecule has 0 radical (unpaired) electrons. The largest absolute Gasteiger partial charge is 0.508 e. The second kappa shape index (κ2) is 6.90. The highest BCUT2D eigenvalue weighted by atomic mass is 16.3. The van der Waals surface area contributed by atoms with Gasteiger partial charge in [0.15, 0.2) is 5.78 Å². The number of Topliss-reactive ketones (excluding diaryl/α,β-unsaturated/α-hetero) is 1. The fourth-order valence-corrected chi connectivity index (χ4v) is 2.09. The van der Waals surface area contributed by atoms with Crippen molar-refractivity contribution < 1.29 is 9.90 Å². The lowest BCUT2D eigenvalue weighted by Gasteiger charge is -2.13. The van der Waals surface area contributed by atoms with Crippen molar-refractivity contribution in [3.05, 3.63) is 59.7 Å². The summed E-state index contributed by atoms with van der Waals surface area (Å²) in [6.07, 6.45) is 0.805. The number of nitrogens with one attached hydrogen (secondary N) is 1. The van der Waals surface area contributed by atoms with Crippen LogP contribution in [0.15, 0.2) is 48.5 Å². The Morgan fingerprint density at radius 3 is 2.38 bits per heavy atom. The number of phenols is 1. The first kappa shape index (κ1) is 15.1. The molecular formula is C17H20N2O2. The summed E-state index contributed by atoms with van der Waals surface area (Å²) in [6, 6.07) is 13.8. The number of carbonyl (C=O) groups is 1. The zero-order valence-electron chi connectivity index (χ0n) is 12.0. The summed E-state index contributed by atoms with van der Waals surface area (Å²) in [5.74, 6) is 0.319. The molecule has 1 atom stereocenters. The molecule has 0 bridgehead atoms. The molecule has 4 nitrogen and oxygen atoms in total. The van der Waals surface area contributed by atoms with Crippen LogP contribution in [0.4, 0.5) is 5.69 Å². The van der Waals surface area contributed by atoms with Gasteiger partial charge < -0.3 is 16.2 Å². The molecule has 2 aromatic rings. The molecule has 0 aliphatic rings. The molecule has 0 fully saturated rings. The van der Waals surface area contributed by atoms with Gasteiger partial charge in [-0.25, -0.2) is 0 Å². The Morgan fingerprint density at radius 1 is 1.14 bits per heavy atom. The summed E-state index contributed by atoms with van der Waals surface area (Å²) in [6.45, 7) is 2.56. The van der Waals surface area contributed by atoms with Crippen LogP contribution in [0.1, 0.15) is 22.8 Å². The van der Waals surface area contributed by atoms with Crippen molar-refractivity contribution in [3.63, 3.8) is 0 Å². The quantitative estimate of drug-likeness (QED) is 0.562. The second-order valence-electron chi connectivity index (χ2n) is 5.08. The molecule has 0 saturated heterocycles. The van der Waals surface area contributed by atoms with Crippen LogP contribution < -0.4 is 11.1 Å². The number of nitrogens with two attached hydrogens (primary N) is 1. The van der Waals surface area contributed by atoms with Gasteiger partial charge in [-0.3, -0.25) is 4.79 Å². The third-order valence-electron chi connectivity index (χ3n) is 3.39. The van der Waals surface area contributed by atoms with Crippen LogP contribution in [0.25, 0.3) is 0 Å². The summed E-state index contributed by atoms with van der Waals surface area (Å²) in [5, 5.41) is 12.4. The average molecular weight is 284 g/mol. The molecule has 4 N–H and O–H groups in total. The van der Waals surface area contributed by atoms with Gasteiger partial charge in [-0.2, -0.15) is 0 Å². The molecule has 110 valence electrons. The van der Waals surface area contributed by atoms with Crippen LogP contribution in [0.5, 0.6) is 5.75 Å². The summed E-state index contributed by atoms with van der Waals surface area (Å²) < 4.78 is 0. The van der Waals surface area contributed by atoms with Crippen LogP contribution in [-0.4, -0.2) is 23.5 Å². The summed E-state index contributed by atoms with van der Waals surface area (Å²) >= 11 is 0. The Bertz CT molecular complexity index is 591. The second-order valence-corrected chi connectivity index (χ2v) is 5.08. The lowest BCUT2D eigenvalue weighted by molar-refractivity contribution is 0.0951. The third kappa shape index (κ3) is 4.33. The van der Waals surface area contributed by atoms with Gasteiger partial charge in [-0.1, -0.05) is 12.1 Å². The maximum Gasteiger partial charge on any atom is 0.179 e. The first-order valence-electron chi connectivity index (χ1n) is 6.97. The number of carbonyl (C=O) groups excluding carboxylic acids is 1. The Morgan fingerprint density at radius 2 is 1.76 bits per heavy atom. The van der Waals surface area contributed by atoms with Gasteiger partial charge >= 0.3 is 0 Å². The fraction of sp³-hybridized carbons (Fsp3) is 0.235. The first-order valence-corrected chi connectivity index (χ1v) is 6.97. The number of hydrogen-bond donors (Lipinski definition) is 3. The molecule has 0 aliphatic carbocycles. The van der Waals surface area contributed by atoms with Crippen LogP contribution in [0, 0.1) is 0 Å². The molecule has 0 aliphatic heterocycles. The SMILES string of the molecule is CC(NCCc1ccc(O)cc1)C(=O)c1ccc(N)cc1. The van der Waals surface area contributed by atoms with Crippen molar-refractivity contribution in [2.24, 2.45) is 0 Å². The maximum absolute atomic E-state index is 12.2. The van der Waals surface area contributed by atoms with Crippen LogP contribution in [0.3, 0.4) is 0 Å². The molecule has 4 heteroatoms. The molecule has 0 saturated carbocycles. The van der Waals surface area contributed by atoms with E-state index < -0.39 is 0 Å². The van der Waals surface area contributed by atoms with Gasteiger partial charge in [0, 0.05) is 11.3 Å². The molecule has 0 heterocycles. The van der Waals surface area contributed by atoms with E-state index in [1.165, 1.54) is 0 Å². The zero-order valence-corrected chi connectivity index (χ0v) is 12.0. The molecule has 1 unspecified atom stereocenters. The van der Waals surface area contributed by atoms with E-state index in [9.17, 15) is 9.90 Å². The maximum atomic E-state index is 12.2. The number of ketones is 1. The van der Waals surface area contributed by atoms with Crippen molar-refractivity contribution in [1.82, 2.24) is 5.32 Å². The molecule has 2 rings (SSSR count). The number of hydrogen-bond acceptors (Lipinski definition) is 4. The third-order valence-corrected chi connectivity index (χ3v) is 3.39. The van der Waals surface area contributed by atoms with Crippen molar-refractivity contribution in [1.29, 1.82) is 0 Å². The number of nitrogen functional groups attached to an aromatic ring is 1. The average Bonchev–Trinajstić information content (AvgIpc) is 2.49. The van der Waals surface area contributed by atoms with Crippen LogP contribution in [-0.2, 0) is 6.42 Å². The van der Waals surface area contributed by atoms with E-state index >= 15 is 0 Å². The predicted molar refractivity (Wildman–Crippen MR) is 84.5 cm³/mol. The minimum Gasteiger partial charge on any atom is -0.508 e. The van der Waals surface area contributed by atoms with E-state index in [0.29, 0.717) is 17.8 Å². The van der Waals surface area contributed by atoms with E-state index in [2.05, 4.69) is 5.32 Å². The standard InChI is InChI=1S/C17H20N2O2/c1-12(17(21)14-4-6-15(18)7-5-14)19-11-10-13-2-8-16(20)9-3-13/h2-9,12,19-20H,10-11,18H2,1H3. The minimum atomic E-state index is -0.245. The molecule has 0 aromatic heterocycles. The van der Waals surface area contributed by atoms with Crippen LogP contribution >= 0.6 is 0 Å². The molecule has 0 amide bonds. The number of benzene rings is 2. The van der Waals surface area contributed by atoms with E-state index in [0.717, 1.165) is 12.0 Å². The number of aromatic hydroxyl groups is 1. The molecule has 21 heavy (non-hydrogen) atoms. The highest BCUT2D eigenvalue weighted by molar-refractivity contribution is 6.00. The van der Waals surface area contributed by atoms with Crippen molar-refractivity contribution in [2.75, 3.05) is 12.3 Å². The zero-order chi connectivity index (χ0) is 15.2. The van der Waals surface area contributed by atoms with Crippen molar-refractivity contribution >= 4 is 11.5 Å². The fourth-order valence-electron chi connectivity index (χ4n) is 2.09. The monoisotopic (exact) mass is 284 g/mol. The smallest absolute Gasteiger partial charge is 0.179 e. The van der Waals surface area contributed by atoms with Crippen molar-refractivity contribution in [2.45, 2.75) is 19.4 Å². The molecule has 2 aromatic carbocycles. The number of anilines is 1. The topological polar surface area (TPSA) is 75.3 Å². The van der Waals surface area contributed by atoms with E-state index in [1.807, 2.05) is 19.1 Å². The summed E-state index contributed by atoms with van der Waals surface area (Å²) in [7, 11) is 0. The summed E-state index contributed by atoms with van der Waals surface area (Å²) in [4.78, 5) is 12.2. The Labute approximate surface area is 124 Å². The van der Waals surface area contributed by atoms with Gasteiger partial charge in [0.05, 0.1) is 6.04 Å². The molecular weight excluding hydrogens is 264 g/mol. The van der Waals surface area contributed by atoms with Gasteiger partial charge in [0.1, 0.15) is 5.75 Å². The summed E-state index contributed by atoms with van der Waals surface area (Å²) in [5.41, 5.74) is 8.04. The lowest BCUT2D eigenvalue weighted by atomic mass is 10.0. The van der Waals surface area contributed by atoms with E-state index in [1.54, 1.807) is 36.4 Å².